The summed E-state index contributed by atoms with van der Waals surface area (Å²) in [6.45, 7) is 15.3. The molecule has 1 aliphatic carbocycles. The van der Waals surface area contributed by atoms with Crippen molar-refractivity contribution in [1.29, 1.82) is 0 Å². The Bertz CT molecular complexity index is 1660. The Kier molecular flexibility index (Phi) is 7.40. The fourth-order valence-electron chi connectivity index (χ4n) is 5.49. The number of carbonyl (C=O) groups excluding carboxylic acids is 2. The van der Waals surface area contributed by atoms with Gasteiger partial charge < -0.3 is 14.8 Å². The summed E-state index contributed by atoms with van der Waals surface area (Å²) in [6.07, 6.45) is 2.47. The molecule has 0 saturated heterocycles. The van der Waals surface area contributed by atoms with Gasteiger partial charge in [0.15, 0.2) is 5.65 Å². The first kappa shape index (κ1) is 29.3. The van der Waals surface area contributed by atoms with Crippen LogP contribution in [0.3, 0.4) is 0 Å². The molecule has 4 aromatic rings. The van der Waals surface area contributed by atoms with Crippen molar-refractivity contribution >= 4 is 40.6 Å². The van der Waals surface area contributed by atoms with Gasteiger partial charge in [0.2, 0.25) is 11.9 Å². The van der Waals surface area contributed by atoms with Crippen LogP contribution < -0.4 is 10.2 Å². The van der Waals surface area contributed by atoms with E-state index in [4.69, 9.17) is 14.5 Å². The molecule has 0 fully saturated rings. The molecule has 5 rings (SSSR count). The van der Waals surface area contributed by atoms with Crippen LogP contribution >= 0.6 is 0 Å². The summed E-state index contributed by atoms with van der Waals surface area (Å²) < 4.78 is 15.0. The predicted octanol–water partition coefficient (Wildman–Crippen LogP) is 6.33. The third kappa shape index (κ3) is 5.52. The van der Waals surface area contributed by atoms with Crippen LogP contribution in [0.1, 0.15) is 84.5 Å². The number of hydrogen-bond acceptors (Lipinski definition) is 8. The van der Waals surface area contributed by atoms with Crippen LogP contribution in [0.5, 0.6) is 0 Å². The van der Waals surface area contributed by atoms with Crippen LogP contribution in [-0.2, 0) is 22.3 Å². The van der Waals surface area contributed by atoms with E-state index in [-0.39, 0.29) is 12.0 Å². The first-order valence-electron chi connectivity index (χ1n) is 14.5. The number of benzene rings is 1. The summed E-state index contributed by atoms with van der Waals surface area (Å²) in [5.41, 5.74) is 2.91. The molecule has 3 aromatic heterocycles. The van der Waals surface area contributed by atoms with E-state index >= 15 is 0 Å². The summed E-state index contributed by atoms with van der Waals surface area (Å²) in [6, 6.07) is 7.50. The number of rotatable bonds is 4. The summed E-state index contributed by atoms with van der Waals surface area (Å²) in [7, 11) is 1.75. The van der Waals surface area contributed by atoms with E-state index in [2.05, 4.69) is 29.2 Å². The van der Waals surface area contributed by atoms with Crippen LogP contribution in [-0.4, -0.2) is 60.6 Å². The molecule has 0 aliphatic heterocycles. The molecule has 1 aromatic carbocycles. The van der Waals surface area contributed by atoms with E-state index in [9.17, 15) is 9.59 Å². The highest BCUT2D eigenvalue weighted by atomic mass is 16.6. The van der Waals surface area contributed by atoms with Gasteiger partial charge in [0.05, 0.1) is 11.7 Å². The van der Waals surface area contributed by atoms with Crippen LogP contribution in [0.2, 0.25) is 0 Å². The van der Waals surface area contributed by atoms with Gasteiger partial charge in [-0.05, 0) is 78.4 Å². The molecule has 224 valence electrons. The third-order valence-electron chi connectivity index (χ3n) is 7.21. The van der Waals surface area contributed by atoms with Crippen molar-refractivity contribution in [3.63, 3.8) is 0 Å². The molecule has 42 heavy (non-hydrogen) atoms. The molecule has 11 nitrogen and oxygen atoms in total. The van der Waals surface area contributed by atoms with Gasteiger partial charge >= 0.3 is 12.2 Å². The molecule has 0 unspecified atom stereocenters. The fraction of sp³-hybridized carbons (Fsp3) is 0.516. The van der Waals surface area contributed by atoms with Gasteiger partial charge in [-0.1, -0.05) is 32.0 Å². The maximum atomic E-state index is 14.0. The van der Waals surface area contributed by atoms with Crippen molar-refractivity contribution in [1.82, 2.24) is 24.1 Å². The second kappa shape index (κ2) is 10.6. The number of ether oxygens (including phenoxy) is 2. The van der Waals surface area contributed by atoms with E-state index < -0.39 is 23.4 Å². The number of amides is 1. The number of nitrogens with one attached hydrogen (secondary N) is 1. The lowest BCUT2D eigenvalue weighted by molar-refractivity contribution is 0.0527. The first-order valence-corrected chi connectivity index (χ1v) is 14.5. The Balaban J connectivity index is 1.65. The standard InChI is InChI=1S/C31H41N7O4/c1-18(2)22-17-33-38-25(22)34-26(32-9)35-27(38)36(28(39)41-30(3,4)5)19-14-15-24-21(16-19)20-12-10-11-13-23(20)37(24)29(40)42-31(6,7)8/h10-13,17-19H,14-16H2,1-9H3,(H,32,34)/t19-/m1/s1. The van der Waals surface area contributed by atoms with Gasteiger partial charge in [0.25, 0.3) is 0 Å². The number of para-hydroxylation sites is 1. The molecule has 0 spiro atoms. The van der Waals surface area contributed by atoms with E-state index in [0.717, 1.165) is 27.7 Å². The Labute approximate surface area is 246 Å². The van der Waals surface area contributed by atoms with Gasteiger partial charge in [-0.2, -0.15) is 19.6 Å². The van der Waals surface area contributed by atoms with E-state index in [1.807, 2.05) is 65.8 Å². The summed E-state index contributed by atoms with van der Waals surface area (Å²) in [5, 5.41) is 8.61. The number of aromatic nitrogens is 5. The molecule has 0 bridgehead atoms. The van der Waals surface area contributed by atoms with Crippen molar-refractivity contribution in [2.24, 2.45) is 0 Å². The monoisotopic (exact) mass is 575 g/mol. The number of hydrogen-bond donors (Lipinski definition) is 1. The highest BCUT2D eigenvalue weighted by Crippen LogP contribution is 2.36. The minimum atomic E-state index is -0.729. The molecular weight excluding hydrogens is 534 g/mol. The van der Waals surface area contributed by atoms with Gasteiger partial charge in [0.1, 0.15) is 11.2 Å². The van der Waals surface area contributed by atoms with Crippen molar-refractivity contribution in [3.05, 3.63) is 47.3 Å². The summed E-state index contributed by atoms with van der Waals surface area (Å²) in [4.78, 5) is 38.4. The molecule has 0 radical (unpaired) electrons. The number of fused-ring (bicyclic) bond motifs is 4. The lowest BCUT2D eigenvalue weighted by atomic mass is 9.90. The smallest absolute Gasteiger partial charge is 0.419 e. The minimum absolute atomic E-state index is 0.168. The number of anilines is 2. The molecule has 1 atom stereocenters. The molecule has 0 saturated carbocycles. The molecular formula is C31H41N7O4. The fourth-order valence-corrected chi connectivity index (χ4v) is 5.49. The van der Waals surface area contributed by atoms with Gasteiger partial charge in [0, 0.05) is 29.7 Å². The normalized spacial score (nSPS) is 15.6. The van der Waals surface area contributed by atoms with Crippen LogP contribution in [0.15, 0.2) is 30.5 Å². The zero-order chi connectivity index (χ0) is 30.6. The zero-order valence-electron chi connectivity index (χ0n) is 26.0. The molecule has 3 heterocycles. The van der Waals surface area contributed by atoms with E-state index in [1.165, 1.54) is 0 Å². The second-order valence-electron chi connectivity index (χ2n) is 13.1. The summed E-state index contributed by atoms with van der Waals surface area (Å²) in [5.74, 6) is 0.877. The number of nitrogens with zero attached hydrogens (tertiary/aromatic N) is 6. The van der Waals surface area contributed by atoms with Gasteiger partial charge in [-0.25, -0.2) is 19.1 Å². The van der Waals surface area contributed by atoms with Gasteiger partial charge in [-0.15, -0.1) is 0 Å². The van der Waals surface area contributed by atoms with Crippen molar-refractivity contribution < 1.29 is 19.1 Å². The molecule has 1 aliphatic rings. The first-order chi connectivity index (χ1) is 19.7. The van der Waals surface area contributed by atoms with E-state index in [1.54, 1.807) is 27.2 Å². The largest absolute Gasteiger partial charge is 0.443 e. The molecule has 11 heteroatoms. The van der Waals surface area contributed by atoms with E-state index in [0.29, 0.717) is 36.8 Å². The van der Waals surface area contributed by atoms with Crippen molar-refractivity contribution in [3.8, 4) is 0 Å². The summed E-state index contributed by atoms with van der Waals surface area (Å²) >= 11 is 0. The molecule has 1 amide bonds. The Hall–Kier alpha value is -4.15. The lowest BCUT2D eigenvalue weighted by Gasteiger charge is -2.35. The quantitative estimate of drug-likeness (QED) is 0.300. The average Bonchev–Trinajstić information content (AvgIpc) is 3.46. The van der Waals surface area contributed by atoms with Crippen molar-refractivity contribution in [2.45, 2.75) is 97.8 Å². The second-order valence-corrected chi connectivity index (χ2v) is 13.1. The zero-order valence-corrected chi connectivity index (χ0v) is 26.0. The Morgan fingerprint density at radius 1 is 1.05 bits per heavy atom. The SMILES string of the molecule is CNc1nc(N(C(=O)OC(C)(C)C)[C@@H]2CCc3c(c4ccccc4n3C(=O)OC(C)(C)C)C2)n2ncc(C(C)C)c2n1. The maximum Gasteiger partial charge on any atom is 0.419 e. The van der Waals surface area contributed by atoms with Gasteiger partial charge in [-0.3, -0.25) is 0 Å². The average molecular weight is 576 g/mol. The Morgan fingerprint density at radius 2 is 1.74 bits per heavy atom. The van der Waals surface area contributed by atoms with Crippen molar-refractivity contribution in [2.75, 3.05) is 17.3 Å². The van der Waals surface area contributed by atoms with Crippen LogP contribution in [0.4, 0.5) is 21.5 Å². The highest BCUT2D eigenvalue weighted by Gasteiger charge is 2.38. The lowest BCUT2D eigenvalue weighted by Crippen LogP contribution is -2.47. The van der Waals surface area contributed by atoms with Crippen LogP contribution in [0, 0.1) is 0 Å². The predicted molar refractivity (Wildman–Crippen MR) is 163 cm³/mol. The minimum Gasteiger partial charge on any atom is -0.443 e. The van der Waals surface area contributed by atoms with Crippen LogP contribution in [0.25, 0.3) is 16.6 Å². The molecule has 1 N–H and O–H groups in total. The Morgan fingerprint density at radius 3 is 2.38 bits per heavy atom. The number of carbonyl (C=O) groups is 2. The topological polar surface area (TPSA) is 116 Å². The highest BCUT2D eigenvalue weighted by molar-refractivity contribution is 5.94. The third-order valence-corrected chi connectivity index (χ3v) is 7.21. The maximum absolute atomic E-state index is 14.0.